The second-order valence-electron chi connectivity index (χ2n) is 4.11. The number of benzene rings is 1. The third-order valence-electron chi connectivity index (χ3n) is 2.80. The minimum Gasteiger partial charge on any atom is -0.504 e. The Morgan fingerprint density at radius 2 is 2.00 bits per heavy atom. The molecule has 2 aromatic rings. The molecular weight excluding hydrogens is 258 g/mol. The fourth-order valence-electron chi connectivity index (χ4n) is 1.75. The van der Waals surface area contributed by atoms with Crippen LogP contribution in [0.2, 0.25) is 0 Å². The van der Waals surface area contributed by atoms with E-state index < -0.39 is 11.9 Å². The fraction of sp³-hybridized carbons (Fsp3) is 0.200. The van der Waals surface area contributed by atoms with Gasteiger partial charge in [0.15, 0.2) is 11.5 Å². The van der Waals surface area contributed by atoms with Crippen LogP contribution in [0.5, 0.6) is 11.5 Å². The number of nitrogens with zero attached hydrogens (tertiary/aromatic N) is 1. The van der Waals surface area contributed by atoms with Gasteiger partial charge in [-0.15, -0.1) is 0 Å². The molecule has 0 aliphatic rings. The average Bonchev–Trinajstić information content (AvgIpc) is 2.50. The summed E-state index contributed by atoms with van der Waals surface area (Å²) in [5.41, 5.74) is 0.565. The predicted molar refractivity (Wildman–Crippen MR) is 72.6 cm³/mol. The van der Waals surface area contributed by atoms with Gasteiger partial charge in [-0.3, -0.25) is 9.78 Å². The standard InChI is InChI=1S/C15H15NO4/c1-19-15(18)11(12-6-4-5-9-16-12)10-20-14-8-3-2-7-13(14)17/h2-9,11,17H,10H2,1H3. The van der Waals surface area contributed by atoms with Crippen LogP contribution in [0.3, 0.4) is 0 Å². The SMILES string of the molecule is COC(=O)C(COc1ccccc1O)c1ccccn1. The van der Waals surface area contributed by atoms with Gasteiger partial charge in [0, 0.05) is 6.20 Å². The lowest BCUT2D eigenvalue weighted by atomic mass is 10.1. The molecule has 0 aliphatic heterocycles. The van der Waals surface area contributed by atoms with E-state index in [2.05, 4.69) is 4.98 Å². The largest absolute Gasteiger partial charge is 0.504 e. The first-order valence-electron chi connectivity index (χ1n) is 6.12. The van der Waals surface area contributed by atoms with Gasteiger partial charge in [0.1, 0.15) is 12.5 Å². The van der Waals surface area contributed by atoms with E-state index in [9.17, 15) is 9.90 Å². The van der Waals surface area contributed by atoms with Gasteiger partial charge in [-0.25, -0.2) is 0 Å². The summed E-state index contributed by atoms with van der Waals surface area (Å²) in [7, 11) is 1.32. The maximum Gasteiger partial charge on any atom is 0.318 e. The maximum atomic E-state index is 11.8. The summed E-state index contributed by atoms with van der Waals surface area (Å²) in [6.45, 7) is 0.0429. The molecule has 0 bridgehead atoms. The van der Waals surface area contributed by atoms with Crippen molar-refractivity contribution in [2.75, 3.05) is 13.7 Å². The number of hydrogen-bond acceptors (Lipinski definition) is 5. The minimum atomic E-state index is -0.638. The Labute approximate surface area is 116 Å². The molecule has 0 saturated carbocycles. The van der Waals surface area contributed by atoms with Crippen LogP contribution in [0.4, 0.5) is 0 Å². The van der Waals surface area contributed by atoms with Gasteiger partial charge in [-0.2, -0.15) is 0 Å². The number of methoxy groups -OCH3 is 1. The molecule has 0 radical (unpaired) electrons. The molecule has 104 valence electrons. The average molecular weight is 273 g/mol. The number of hydrogen-bond donors (Lipinski definition) is 1. The Bertz CT molecular complexity index is 571. The number of ether oxygens (including phenoxy) is 2. The molecule has 1 heterocycles. The van der Waals surface area contributed by atoms with Crippen LogP contribution in [-0.2, 0) is 9.53 Å². The van der Waals surface area contributed by atoms with Crippen molar-refractivity contribution in [3.8, 4) is 11.5 Å². The summed E-state index contributed by atoms with van der Waals surface area (Å²) in [6, 6.07) is 11.9. The lowest BCUT2D eigenvalue weighted by molar-refractivity contribution is -0.143. The molecule has 1 atom stereocenters. The summed E-state index contributed by atoms with van der Waals surface area (Å²) in [4.78, 5) is 16.0. The summed E-state index contributed by atoms with van der Waals surface area (Å²) >= 11 is 0. The number of phenols is 1. The highest BCUT2D eigenvalue weighted by Crippen LogP contribution is 2.26. The number of carbonyl (C=O) groups is 1. The predicted octanol–water partition coefficient (Wildman–Crippen LogP) is 2.12. The zero-order valence-electron chi connectivity index (χ0n) is 11.0. The lowest BCUT2D eigenvalue weighted by Gasteiger charge is -2.15. The molecule has 5 heteroatoms. The van der Waals surface area contributed by atoms with Crippen molar-refractivity contribution in [2.24, 2.45) is 0 Å². The molecule has 1 aromatic heterocycles. The zero-order chi connectivity index (χ0) is 14.4. The van der Waals surface area contributed by atoms with Crippen LogP contribution in [-0.4, -0.2) is 29.8 Å². The van der Waals surface area contributed by atoms with Gasteiger partial charge in [-0.1, -0.05) is 18.2 Å². The van der Waals surface area contributed by atoms with E-state index in [1.54, 1.807) is 42.6 Å². The Morgan fingerprint density at radius 1 is 1.25 bits per heavy atom. The smallest absolute Gasteiger partial charge is 0.318 e. The topological polar surface area (TPSA) is 68.7 Å². The van der Waals surface area contributed by atoms with E-state index in [0.29, 0.717) is 11.4 Å². The van der Waals surface area contributed by atoms with Gasteiger partial charge >= 0.3 is 5.97 Å². The van der Waals surface area contributed by atoms with Crippen molar-refractivity contribution < 1.29 is 19.4 Å². The highest BCUT2D eigenvalue weighted by Gasteiger charge is 2.24. The van der Waals surface area contributed by atoms with Crippen molar-refractivity contribution in [1.29, 1.82) is 0 Å². The molecule has 0 fully saturated rings. The molecule has 2 rings (SSSR count). The molecule has 0 amide bonds. The van der Waals surface area contributed by atoms with Gasteiger partial charge < -0.3 is 14.6 Å². The lowest BCUT2D eigenvalue weighted by Crippen LogP contribution is -2.22. The Kier molecular flexibility index (Phi) is 4.55. The number of aromatic nitrogens is 1. The van der Waals surface area contributed by atoms with E-state index in [-0.39, 0.29) is 12.4 Å². The molecule has 0 aliphatic carbocycles. The number of pyridine rings is 1. The quantitative estimate of drug-likeness (QED) is 0.845. The third kappa shape index (κ3) is 3.26. The van der Waals surface area contributed by atoms with Crippen LogP contribution in [0.25, 0.3) is 0 Å². The molecule has 1 unspecified atom stereocenters. The molecule has 1 aromatic carbocycles. The van der Waals surface area contributed by atoms with Crippen LogP contribution >= 0.6 is 0 Å². The summed E-state index contributed by atoms with van der Waals surface area (Å²) in [6.07, 6.45) is 1.60. The normalized spacial score (nSPS) is 11.7. The van der Waals surface area contributed by atoms with Crippen molar-refractivity contribution in [1.82, 2.24) is 4.98 Å². The molecule has 0 spiro atoms. The Morgan fingerprint density at radius 3 is 2.65 bits per heavy atom. The number of rotatable bonds is 5. The Hall–Kier alpha value is -2.56. The molecular formula is C15H15NO4. The molecule has 20 heavy (non-hydrogen) atoms. The number of phenolic OH excluding ortho intramolecular Hbond substituents is 1. The first kappa shape index (κ1) is 13.9. The van der Waals surface area contributed by atoms with E-state index in [1.165, 1.54) is 13.2 Å². The van der Waals surface area contributed by atoms with Crippen molar-refractivity contribution >= 4 is 5.97 Å². The third-order valence-corrected chi connectivity index (χ3v) is 2.80. The van der Waals surface area contributed by atoms with Crippen LogP contribution in [0, 0.1) is 0 Å². The van der Waals surface area contributed by atoms with Crippen LogP contribution in [0.15, 0.2) is 48.7 Å². The van der Waals surface area contributed by atoms with E-state index >= 15 is 0 Å². The highest BCUT2D eigenvalue weighted by atomic mass is 16.5. The van der Waals surface area contributed by atoms with E-state index in [1.807, 2.05) is 0 Å². The second kappa shape index (κ2) is 6.56. The van der Waals surface area contributed by atoms with Gasteiger partial charge in [-0.05, 0) is 24.3 Å². The highest BCUT2D eigenvalue weighted by molar-refractivity contribution is 5.77. The van der Waals surface area contributed by atoms with Crippen LogP contribution < -0.4 is 4.74 Å². The maximum absolute atomic E-state index is 11.8. The van der Waals surface area contributed by atoms with Crippen LogP contribution in [0.1, 0.15) is 11.6 Å². The molecule has 1 N–H and O–H groups in total. The second-order valence-corrected chi connectivity index (χ2v) is 4.11. The van der Waals surface area contributed by atoms with Crippen molar-refractivity contribution in [3.05, 3.63) is 54.4 Å². The van der Waals surface area contributed by atoms with Gasteiger partial charge in [0.2, 0.25) is 0 Å². The number of carbonyl (C=O) groups excluding carboxylic acids is 1. The number of aromatic hydroxyl groups is 1. The zero-order valence-corrected chi connectivity index (χ0v) is 11.0. The van der Waals surface area contributed by atoms with Crippen molar-refractivity contribution in [3.63, 3.8) is 0 Å². The van der Waals surface area contributed by atoms with E-state index in [0.717, 1.165) is 0 Å². The minimum absolute atomic E-state index is 0.0251. The molecule has 0 saturated heterocycles. The molecule has 5 nitrogen and oxygen atoms in total. The summed E-state index contributed by atoms with van der Waals surface area (Å²) in [5, 5.41) is 9.63. The summed E-state index contributed by atoms with van der Waals surface area (Å²) < 4.78 is 10.2. The van der Waals surface area contributed by atoms with Crippen molar-refractivity contribution in [2.45, 2.75) is 5.92 Å². The number of para-hydroxylation sites is 2. The fourth-order valence-corrected chi connectivity index (χ4v) is 1.75. The van der Waals surface area contributed by atoms with Gasteiger partial charge in [0.25, 0.3) is 0 Å². The first-order valence-corrected chi connectivity index (χ1v) is 6.12. The van der Waals surface area contributed by atoms with E-state index in [4.69, 9.17) is 9.47 Å². The number of esters is 1. The monoisotopic (exact) mass is 273 g/mol. The Balaban J connectivity index is 2.14. The summed E-state index contributed by atoms with van der Waals surface area (Å²) in [5.74, 6) is -0.727. The first-order chi connectivity index (χ1) is 9.72. The van der Waals surface area contributed by atoms with Gasteiger partial charge in [0.05, 0.1) is 12.8 Å².